The second-order valence-corrected chi connectivity index (χ2v) is 13.6. The predicted octanol–water partition coefficient (Wildman–Crippen LogP) is 2.78. The zero-order valence-electron chi connectivity index (χ0n) is 23.8. The summed E-state index contributed by atoms with van der Waals surface area (Å²) in [4.78, 5) is 17.3. The van der Waals surface area contributed by atoms with Crippen molar-refractivity contribution in [1.29, 1.82) is 0 Å². The molecule has 2 aliphatic rings. The standard InChI is InChI=1S/C27H45N3O6S2/c1-21-15-24(34-5)16-22(2)26(21)38(32,33)30-20-27(3,4)36-18-23(30)17-35-19-25(31)29-12-10-28(11-13-29)9-7-8-14-37-6/h15-16,23H,7-14,17-20H2,1-6H3/t23-/m1/s1. The number of methoxy groups -OCH3 is 1. The molecule has 216 valence electrons. The van der Waals surface area contributed by atoms with Crippen molar-refractivity contribution < 1.29 is 27.4 Å². The summed E-state index contributed by atoms with van der Waals surface area (Å²) < 4.78 is 46.4. The topological polar surface area (TPSA) is 88.6 Å². The Morgan fingerprint density at radius 2 is 1.79 bits per heavy atom. The first-order chi connectivity index (χ1) is 18.0. The summed E-state index contributed by atoms with van der Waals surface area (Å²) in [6.07, 6.45) is 4.54. The number of nitrogens with zero attached hydrogens (tertiary/aromatic N) is 3. The van der Waals surface area contributed by atoms with E-state index >= 15 is 0 Å². The molecule has 1 atom stereocenters. The minimum atomic E-state index is -3.84. The van der Waals surface area contributed by atoms with E-state index in [0.717, 1.165) is 19.6 Å². The molecule has 0 aliphatic carbocycles. The van der Waals surface area contributed by atoms with Crippen LogP contribution in [0.2, 0.25) is 0 Å². The first-order valence-electron chi connectivity index (χ1n) is 13.4. The summed E-state index contributed by atoms with van der Waals surface area (Å²) in [7, 11) is -2.28. The van der Waals surface area contributed by atoms with E-state index in [1.807, 2.05) is 30.5 Å². The van der Waals surface area contributed by atoms with Gasteiger partial charge in [0.2, 0.25) is 15.9 Å². The van der Waals surface area contributed by atoms with Crippen LogP contribution in [0.5, 0.6) is 5.75 Å². The number of sulfonamides is 1. The van der Waals surface area contributed by atoms with Crippen LogP contribution in [0.4, 0.5) is 0 Å². The van der Waals surface area contributed by atoms with Crippen molar-refractivity contribution in [3.8, 4) is 5.75 Å². The first kappa shape index (κ1) is 31.2. The molecule has 0 saturated carbocycles. The van der Waals surface area contributed by atoms with Crippen LogP contribution in [0.1, 0.15) is 37.8 Å². The van der Waals surface area contributed by atoms with Gasteiger partial charge < -0.3 is 19.1 Å². The quantitative estimate of drug-likeness (QED) is 0.354. The smallest absolute Gasteiger partial charge is 0.248 e. The van der Waals surface area contributed by atoms with Crippen molar-refractivity contribution >= 4 is 27.7 Å². The van der Waals surface area contributed by atoms with Gasteiger partial charge >= 0.3 is 0 Å². The number of thioether (sulfide) groups is 1. The van der Waals surface area contributed by atoms with Crippen molar-refractivity contribution in [1.82, 2.24) is 14.1 Å². The second kappa shape index (κ2) is 13.8. The third-order valence-electron chi connectivity index (χ3n) is 7.18. The first-order valence-corrected chi connectivity index (χ1v) is 16.2. The van der Waals surface area contributed by atoms with Gasteiger partial charge in [-0.25, -0.2) is 8.42 Å². The van der Waals surface area contributed by atoms with Crippen LogP contribution >= 0.6 is 11.8 Å². The van der Waals surface area contributed by atoms with Gasteiger partial charge in [-0.1, -0.05) is 0 Å². The van der Waals surface area contributed by atoms with Crippen molar-refractivity contribution in [3.05, 3.63) is 23.3 Å². The van der Waals surface area contributed by atoms with E-state index in [-0.39, 0.29) is 37.2 Å². The van der Waals surface area contributed by atoms with E-state index in [1.54, 1.807) is 33.1 Å². The van der Waals surface area contributed by atoms with Crippen LogP contribution in [0, 0.1) is 13.8 Å². The fourth-order valence-corrected chi connectivity index (χ4v) is 7.75. The van der Waals surface area contributed by atoms with Crippen molar-refractivity contribution in [2.45, 2.75) is 57.1 Å². The largest absolute Gasteiger partial charge is 0.497 e. The lowest BCUT2D eigenvalue weighted by Crippen LogP contribution is -2.57. The zero-order valence-corrected chi connectivity index (χ0v) is 25.5. The molecular formula is C27H45N3O6S2. The van der Waals surface area contributed by atoms with E-state index in [2.05, 4.69) is 11.2 Å². The molecular weight excluding hydrogens is 526 g/mol. The number of hydrogen-bond donors (Lipinski definition) is 0. The minimum Gasteiger partial charge on any atom is -0.497 e. The van der Waals surface area contributed by atoms with Crippen LogP contribution < -0.4 is 4.74 Å². The van der Waals surface area contributed by atoms with Gasteiger partial charge in [0.15, 0.2) is 0 Å². The van der Waals surface area contributed by atoms with Crippen LogP contribution in [0.3, 0.4) is 0 Å². The Morgan fingerprint density at radius 3 is 2.39 bits per heavy atom. The molecule has 2 aliphatic heterocycles. The third kappa shape index (κ3) is 8.08. The van der Waals surface area contributed by atoms with E-state index in [9.17, 15) is 13.2 Å². The summed E-state index contributed by atoms with van der Waals surface area (Å²) in [5.41, 5.74) is 0.622. The summed E-state index contributed by atoms with van der Waals surface area (Å²) >= 11 is 1.88. The molecule has 0 spiro atoms. The van der Waals surface area contributed by atoms with Crippen molar-refractivity contribution in [2.24, 2.45) is 0 Å². The summed E-state index contributed by atoms with van der Waals surface area (Å²) in [5, 5.41) is 0. The van der Waals surface area contributed by atoms with E-state index < -0.39 is 21.7 Å². The van der Waals surface area contributed by atoms with Crippen LogP contribution in [-0.4, -0.2) is 118 Å². The molecule has 2 saturated heterocycles. The maximum Gasteiger partial charge on any atom is 0.248 e. The number of ether oxygens (including phenoxy) is 3. The lowest BCUT2D eigenvalue weighted by molar-refractivity contribution is -0.140. The predicted molar refractivity (Wildman–Crippen MR) is 152 cm³/mol. The number of benzene rings is 1. The van der Waals surface area contributed by atoms with Gasteiger partial charge in [0.05, 0.1) is 36.9 Å². The Bertz CT molecular complexity index is 1020. The Kier molecular flexibility index (Phi) is 11.3. The van der Waals surface area contributed by atoms with E-state index in [1.165, 1.54) is 22.9 Å². The monoisotopic (exact) mass is 571 g/mol. The molecule has 3 rings (SSSR count). The van der Waals surface area contributed by atoms with Gasteiger partial charge in [-0.15, -0.1) is 0 Å². The van der Waals surface area contributed by atoms with Crippen LogP contribution in [-0.2, 0) is 24.3 Å². The van der Waals surface area contributed by atoms with Gasteiger partial charge in [-0.2, -0.15) is 16.1 Å². The average Bonchev–Trinajstić information content (AvgIpc) is 2.86. The fourth-order valence-electron chi connectivity index (χ4n) is 5.10. The van der Waals surface area contributed by atoms with E-state index in [0.29, 0.717) is 30.0 Å². The minimum absolute atomic E-state index is 0.0552. The SMILES string of the molecule is COc1cc(C)c(S(=O)(=O)N2CC(C)(C)OC[C@H]2COCC(=O)N2CCN(CCCCSC)CC2)c(C)c1. The normalized spacial score (nSPS) is 21.0. The van der Waals surface area contributed by atoms with Crippen LogP contribution in [0.15, 0.2) is 17.0 Å². The lowest BCUT2D eigenvalue weighted by atomic mass is 10.1. The number of rotatable bonds is 12. The molecule has 0 N–H and O–H groups in total. The summed E-state index contributed by atoms with van der Waals surface area (Å²) in [5.74, 6) is 1.76. The Hall–Kier alpha value is -1.37. The number of carbonyl (C=O) groups is 1. The van der Waals surface area contributed by atoms with Gasteiger partial charge in [-0.3, -0.25) is 9.69 Å². The van der Waals surface area contributed by atoms with Gasteiger partial charge in [0.25, 0.3) is 0 Å². The highest BCUT2D eigenvalue weighted by Crippen LogP contribution is 2.32. The van der Waals surface area contributed by atoms with Gasteiger partial charge in [0.1, 0.15) is 12.4 Å². The molecule has 0 radical (unpaired) electrons. The molecule has 2 fully saturated rings. The highest BCUT2D eigenvalue weighted by Gasteiger charge is 2.42. The Labute approximate surface area is 233 Å². The summed E-state index contributed by atoms with van der Waals surface area (Å²) in [6.45, 7) is 12.0. The summed E-state index contributed by atoms with van der Waals surface area (Å²) in [6, 6.07) is 2.94. The lowest BCUT2D eigenvalue weighted by Gasteiger charge is -2.43. The molecule has 0 aromatic heterocycles. The van der Waals surface area contributed by atoms with Gasteiger partial charge in [-0.05, 0) is 82.3 Å². The molecule has 2 heterocycles. The van der Waals surface area contributed by atoms with Crippen LogP contribution in [0.25, 0.3) is 0 Å². The number of morpholine rings is 1. The Morgan fingerprint density at radius 1 is 1.13 bits per heavy atom. The maximum absolute atomic E-state index is 13.9. The molecule has 11 heteroatoms. The molecule has 0 bridgehead atoms. The molecule has 1 amide bonds. The van der Waals surface area contributed by atoms with E-state index in [4.69, 9.17) is 14.2 Å². The highest BCUT2D eigenvalue weighted by atomic mass is 32.2. The highest BCUT2D eigenvalue weighted by molar-refractivity contribution is 7.98. The number of piperazine rings is 1. The van der Waals surface area contributed by atoms with Gasteiger partial charge in [0, 0.05) is 32.7 Å². The number of carbonyl (C=O) groups excluding carboxylic acids is 1. The molecule has 1 aromatic carbocycles. The fraction of sp³-hybridized carbons (Fsp3) is 0.741. The van der Waals surface area contributed by atoms with Crippen molar-refractivity contribution in [3.63, 3.8) is 0 Å². The average molecular weight is 572 g/mol. The Balaban J connectivity index is 1.59. The molecule has 1 aromatic rings. The third-order valence-corrected chi connectivity index (χ3v) is 10.1. The maximum atomic E-state index is 13.9. The number of unbranched alkanes of at least 4 members (excludes halogenated alkanes) is 1. The second-order valence-electron chi connectivity index (χ2n) is 10.8. The van der Waals surface area contributed by atoms with Crippen molar-refractivity contribution in [2.75, 3.05) is 78.2 Å². The zero-order chi connectivity index (χ0) is 27.9. The number of hydrogen-bond acceptors (Lipinski definition) is 8. The number of aryl methyl sites for hydroxylation is 2. The molecule has 38 heavy (non-hydrogen) atoms. The molecule has 9 nitrogen and oxygen atoms in total. The molecule has 0 unspecified atom stereocenters. The number of amides is 1.